The number of fused-ring (bicyclic) bond motifs is 1. The predicted molar refractivity (Wildman–Crippen MR) is 130 cm³/mol. The van der Waals surface area contributed by atoms with E-state index in [1.165, 1.54) is 22.9 Å². The lowest BCUT2D eigenvalue weighted by Crippen LogP contribution is -2.64. The van der Waals surface area contributed by atoms with Gasteiger partial charge in [-0.15, -0.1) is 0 Å². The number of benzene rings is 2. The second-order valence-electron chi connectivity index (χ2n) is 8.76. The molecule has 1 N–H and O–H groups in total. The molecule has 9 nitrogen and oxygen atoms in total. The van der Waals surface area contributed by atoms with Crippen LogP contribution in [0.15, 0.2) is 48.8 Å². The van der Waals surface area contributed by atoms with Gasteiger partial charge in [-0.2, -0.15) is 0 Å². The number of hydrogen-bond acceptors (Lipinski definition) is 6. The summed E-state index contributed by atoms with van der Waals surface area (Å²) in [5, 5.41) is 2.97. The maximum atomic E-state index is 13.9. The molecule has 0 unspecified atom stereocenters. The molecule has 1 aliphatic heterocycles. The number of rotatable bonds is 6. The van der Waals surface area contributed by atoms with Crippen molar-refractivity contribution in [3.63, 3.8) is 0 Å². The lowest BCUT2D eigenvalue weighted by molar-refractivity contribution is -0.126. The third-order valence-electron chi connectivity index (χ3n) is 6.31. The molecule has 2 aromatic carbocycles. The fraction of sp³-hybridized carbons (Fsp3) is 0.308. The van der Waals surface area contributed by atoms with E-state index in [4.69, 9.17) is 9.47 Å². The van der Waals surface area contributed by atoms with Gasteiger partial charge in [0.25, 0.3) is 5.91 Å². The van der Waals surface area contributed by atoms with Gasteiger partial charge in [-0.05, 0) is 38.5 Å². The van der Waals surface area contributed by atoms with E-state index >= 15 is 0 Å². The zero-order valence-electron chi connectivity index (χ0n) is 20.4. The van der Waals surface area contributed by atoms with Crippen LogP contribution in [-0.2, 0) is 22.6 Å². The van der Waals surface area contributed by atoms with E-state index in [0.717, 1.165) is 16.7 Å². The predicted octanol–water partition coefficient (Wildman–Crippen LogP) is 3.03. The lowest BCUT2D eigenvalue weighted by atomic mass is 9.92. The average molecular weight is 477 g/mol. The molecule has 9 heteroatoms. The Kier molecular flexibility index (Phi) is 6.34. The summed E-state index contributed by atoms with van der Waals surface area (Å²) in [6.07, 6.45) is 1.39. The zero-order valence-corrected chi connectivity index (χ0v) is 20.4. The molecule has 4 rings (SSSR count). The first-order valence-electron chi connectivity index (χ1n) is 11.2. The van der Waals surface area contributed by atoms with Crippen LogP contribution in [0.3, 0.4) is 0 Å². The van der Waals surface area contributed by atoms with Gasteiger partial charge < -0.3 is 19.4 Å². The van der Waals surface area contributed by atoms with E-state index in [1.807, 2.05) is 56.3 Å². The van der Waals surface area contributed by atoms with Crippen LogP contribution in [0.2, 0.25) is 0 Å². The zero-order chi connectivity index (χ0) is 25.3. The Balaban J connectivity index is 1.78. The van der Waals surface area contributed by atoms with Gasteiger partial charge in [0.2, 0.25) is 5.91 Å². The van der Waals surface area contributed by atoms with E-state index in [-0.39, 0.29) is 30.4 Å². The highest BCUT2D eigenvalue weighted by atomic mass is 16.5. The number of amides is 2. The largest absolute Gasteiger partial charge is 0.496 e. The standard InChI is InChI=1S/C26H28N4O5/c1-16-10-11-19(17(2)12-16)30-23(31)22-21(24(32)35-5)28-15-29(22)14-26(30,3)25(33)27-13-18-8-6-7-9-20(18)34-4/h6-12,15H,13-14H2,1-5H3,(H,27,33)/t26-/m1/s1. The van der Waals surface area contributed by atoms with Gasteiger partial charge in [0.15, 0.2) is 5.69 Å². The van der Waals surface area contributed by atoms with Crippen LogP contribution in [0.5, 0.6) is 5.75 Å². The first kappa shape index (κ1) is 24.0. The Morgan fingerprint density at radius 2 is 1.89 bits per heavy atom. The summed E-state index contributed by atoms with van der Waals surface area (Å²) >= 11 is 0. The Morgan fingerprint density at radius 1 is 1.14 bits per heavy atom. The maximum absolute atomic E-state index is 13.9. The minimum absolute atomic E-state index is 0.0799. The molecule has 0 saturated heterocycles. The molecule has 0 fully saturated rings. The van der Waals surface area contributed by atoms with Crippen molar-refractivity contribution in [2.75, 3.05) is 19.1 Å². The number of anilines is 1. The molecule has 0 saturated carbocycles. The van der Waals surface area contributed by atoms with E-state index in [1.54, 1.807) is 14.0 Å². The molecular weight excluding hydrogens is 448 g/mol. The number of nitrogens with zero attached hydrogens (tertiary/aromatic N) is 3. The van der Waals surface area contributed by atoms with Crippen molar-refractivity contribution >= 4 is 23.5 Å². The number of carbonyl (C=O) groups is 3. The fourth-order valence-corrected chi connectivity index (χ4v) is 4.52. The van der Waals surface area contributed by atoms with Gasteiger partial charge in [0.1, 0.15) is 17.0 Å². The molecule has 0 radical (unpaired) electrons. The molecular formula is C26H28N4O5. The molecule has 35 heavy (non-hydrogen) atoms. The summed E-state index contributed by atoms with van der Waals surface area (Å²) in [6, 6.07) is 13.1. The van der Waals surface area contributed by atoms with Gasteiger partial charge in [0.05, 0.1) is 27.1 Å². The molecule has 0 bridgehead atoms. The third kappa shape index (κ3) is 4.14. The van der Waals surface area contributed by atoms with Crippen LogP contribution >= 0.6 is 0 Å². The number of methoxy groups -OCH3 is 2. The quantitative estimate of drug-likeness (QED) is 0.549. The van der Waals surface area contributed by atoms with Crippen molar-refractivity contribution in [3.05, 3.63) is 76.9 Å². The molecule has 3 aromatic rings. The van der Waals surface area contributed by atoms with Crippen molar-refractivity contribution in [1.82, 2.24) is 14.9 Å². The van der Waals surface area contributed by atoms with Crippen LogP contribution in [0.25, 0.3) is 0 Å². The summed E-state index contributed by atoms with van der Waals surface area (Å²) in [5.41, 5.74) is 1.95. The van der Waals surface area contributed by atoms with Gasteiger partial charge in [-0.3, -0.25) is 14.5 Å². The molecule has 2 heterocycles. The smallest absolute Gasteiger partial charge is 0.359 e. The minimum atomic E-state index is -1.31. The summed E-state index contributed by atoms with van der Waals surface area (Å²) < 4.78 is 11.8. The fourth-order valence-electron chi connectivity index (χ4n) is 4.52. The maximum Gasteiger partial charge on any atom is 0.359 e. The van der Waals surface area contributed by atoms with Gasteiger partial charge in [-0.25, -0.2) is 9.78 Å². The molecule has 2 amide bonds. The van der Waals surface area contributed by atoms with Crippen LogP contribution in [0, 0.1) is 13.8 Å². The SMILES string of the molecule is COC(=O)c1ncn2c1C(=O)N(c1ccc(C)cc1C)[C@@](C)(C(=O)NCc1ccccc1OC)C2. The summed E-state index contributed by atoms with van der Waals surface area (Å²) in [7, 11) is 2.81. The number of para-hydroxylation sites is 1. The number of aromatic nitrogens is 2. The van der Waals surface area contributed by atoms with Crippen molar-refractivity contribution in [1.29, 1.82) is 0 Å². The number of carbonyl (C=O) groups excluding carboxylic acids is 3. The first-order valence-corrected chi connectivity index (χ1v) is 11.2. The van der Waals surface area contributed by atoms with E-state index in [0.29, 0.717) is 11.4 Å². The van der Waals surface area contributed by atoms with Crippen LogP contribution in [0.1, 0.15) is 44.6 Å². The molecule has 182 valence electrons. The van der Waals surface area contributed by atoms with Gasteiger partial charge in [0, 0.05) is 17.8 Å². The van der Waals surface area contributed by atoms with Gasteiger partial charge >= 0.3 is 5.97 Å². The molecule has 1 atom stereocenters. The summed E-state index contributed by atoms with van der Waals surface area (Å²) in [4.78, 5) is 45.5. The van der Waals surface area contributed by atoms with Crippen molar-refractivity contribution in [2.45, 2.75) is 39.4 Å². The van der Waals surface area contributed by atoms with E-state index < -0.39 is 17.4 Å². The summed E-state index contributed by atoms with van der Waals surface area (Å²) in [5.74, 6) is -0.910. The second-order valence-corrected chi connectivity index (χ2v) is 8.76. The molecule has 0 spiro atoms. The Bertz CT molecular complexity index is 1310. The number of hydrogen-bond donors (Lipinski definition) is 1. The second kappa shape index (κ2) is 9.25. The highest BCUT2D eigenvalue weighted by Crippen LogP contribution is 2.36. The third-order valence-corrected chi connectivity index (χ3v) is 6.31. The first-order chi connectivity index (χ1) is 16.7. The topological polar surface area (TPSA) is 103 Å². The number of ether oxygens (including phenoxy) is 2. The monoisotopic (exact) mass is 476 g/mol. The minimum Gasteiger partial charge on any atom is -0.496 e. The number of nitrogens with one attached hydrogen (secondary N) is 1. The average Bonchev–Trinajstić information content (AvgIpc) is 3.27. The van der Waals surface area contributed by atoms with Crippen LogP contribution < -0.4 is 15.0 Å². The number of esters is 1. The molecule has 1 aromatic heterocycles. The normalized spacial score (nSPS) is 17.1. The van der Waals surface area contributed by atoms with E-state index in [2.05, 4.69) is 10.3 Å². The van der Waals surface area contributed by atoms with Crippen molar-refractivity contribution in [3.8, 4) is 5.75 Å². The molecule has 1 aliphatic rings. The van der Waals surface area contributed by atoms with E-state index in [9.17, 15) is 14.4 Å². The Hall–Kier alpha value is -4.14. The molecule has 0 aliphatic carbocycles. The van der Waals surface area contributed by atoms with Crippen LogP contribution in [0.4, 0.5) is 5.69 Å². The number of aryl methyl sites for hydroxylation is 2. The van der Waals surface area contributed by atoms with Crippen LogP contribution in [-0.4, -0.2) is 47.1 Å². The highest BCUT2D eigenvalue weighted by Gasteiger charge is 2.50. The van der Waals surface area contributed by atoms with Crippen molar-refractivity contribution in [2.24, 2.45) is 0 Å². The highest BCUT2D eigenvalue weighted by molar-refractivity contribution is 6.15. The number of imidazole rings is 1. The summed E-state index contributed by atoms with van der Waals surface area (Å²) in [6.45, 7) is 5.87. The Labute approximate surface area is 203 Å². The van der Waals surface area contributed by atoms with Crippen molar-refractivity contribution < 1.29 is 23.9 Å². The Morgan fingerprint density at radius 3 is 2.57 bits per heavy atom. The lowest BCUT2D eigenvalue weighted by Gasteiger charge is -2.44. The van der Waals surface area contributed by atoms with Gasteiger partial charge in [-0.1, -0.05) is 35.9 Å².